The number of rotatable bonds is 22. The number of anilines is 1. The number of aromatic nitrogens is 3. The number of aryl methyl sites for hydroxylation is 4. The van der Waals surface area contributed by atoms with Crippen LogP contribution < -0.4 is 26.1 Å². The number of aliphatic hydroxyl groups is 4. The quantitative estimate of drug-likeness (QED) is 0.0274. The normalized spacial score (nSPS) is 14.7. The lowest BCUT2D eigenvalue weighted by atomic mass is 10.1. The van der Waals surface area contributed by atoms with Crippen molar-refractivity contribution in [1.82, 2.24) is 49.5 Å². The van der Waals surface area contributed by atoms with Gasteiger partial charge in [0.05, 0.1) is 23.5 Å². The van der Waals surface area contributed by atoms with E-state index >= 15 is 0 Å². The highest BCUT2D eigenvalue weighted by Gasteiger charge is 2.40. The summed E-state index contributed by atoms with van der Waals surface area (Å²) in [7, 11) is -4.36. The molecule has 4 aromatic rings. The number of sulfonamides is 1. The van der Waals surface area contributed by atoms with Gasteiger partial charge in [-0.2, -0.15) is 44.2 Å². The van der Waals surface area contributed by atoms with Crippen molar-refractivity contribution in [2.24, 2.45) is 0 Å². The maximum atomic E-state index is 13.9. The number of nitrogens with one attached hydrogen (secondary N) is 5. The first kappa shape index (κ1) is 79.0. The summed E-state index contributed by atoms with van der Waals surface area (Å²) in [6, 6.07) is 6.57. The Labute approximate surface area is 510 Å². The van der Waals surface area contributed by atoms with E-state index in [0.29, 0.717) is 68.3 Å². The van der Waals surface area contributed by atoms with Gasteiger partial charge in [-0.15, -0.1) is 0 Å². The van der Waals surface area contributed by atoms with Gasteiger partial charge in [-0.05, 0) is 56.0 Å². The minimum Gasteiger partial charge on any atom is -0.480 e. The molecule has 1 aliphatic rings. The van der Waals surface area contributed by atoms with E-state index in [2.05, 4.69) is 30.6 Å². The average molecular weight is 1340 g/mol. The fourth-order valence-corrected chi connectivity index (χ4v) is 10.0. The summed E-state index contributed by atoms with van der Waals surface area (Å²) in [4.78, 5) is 106. The highest BCUT2D eigenvalue weighted by Crippen LogP contribution is 2.23. The van der Waals surface area contributed by atoms with Crippen LogP contribution in [-0.2, 0) is 51.9 Å². The molecule has 1 atom stereocenters. The second-order valence-electron chi connectivity index (χ2n) is 19.8. The number of β-amino-alcohol motifs (C(OH)–C–C–N with tert-alkyl or cyclic N) is 4. The maximum Gasteiger partial charge on any atom is 0.490 e. The number of aliphatic hydroxyl groups excluding tert-OH is 2. The molecule has 1 aliphatic heterocycles. The SMILES string of the molecule is Cc1cc(C)c(S(=O)(=O)N[C@@H](CNC(=O)c2cn(CCCNC(=O)CN3CCN(CC(=O)O)CCN(CC(O)O)CCN(CC(O)O)CC3)c3cc(CNc4ncc[nH]4)ccc3c2=O)C(=O)O)c(C)c1.O=C(O)C(F)(F)F.O=C(O)C(F)(F)F.O=C(O)C(F)(F)F. The summed E-state index contributed by atoms with van der Waals surface area (Å²) < 4.78 is 126. The van der Waals surface area contributed by atoms with Gasteiger partial charge in [0.1, 0.15) is 11.6 Å². The van der Waals surface area contributed by atoms with Crippen LogP contribution in [0.4, 0.5) is 45.5 Å². The molecule has 0 bridgehead atoms. The molecule has 5 rings (SSSR count). The van der Waals surface area contributed by atoms with Gasteiger partial charge in [-0.25, -0.2) is 27.8 Å². The van der Waals surface area contributed by atoms with Gasteiger partial charge in [0, 0.05) is 116 Å². The summed E-state index contributed by atoms with van der Waals surface area (Å²) >= 11 is 0. The van der Waals surface area contributed by atoms with Crippen molar-refractivity contribution in [3.63, 3.8) is 0 Å². The maximum absolute atomic E-state index is 13.9. The first-order chi connectivity index (χ1) is 42.0. The van der Waals surface area contributed by atoms with Crippen molar-refractivity contribution >= 4 is 68.5 Å². The molecule has 2 aromatic heterocycles. The van der Waals surface area contributed by atoms with Gasteiger partial charge in [-0.1, -0.05) is 23.8 Å². The van der Waals surface area contributed by atoms with Crippen LogP contribution in [0.15, 0.2) is 58.6 Å². The first-order valence-corrected chi connectivity index (χ1v) is 28.0. The third kappa shape index (κ3) is 29.2. The van der Waals surface area contributed by atoms with Crippen LogP contribution >= 0.6 is 0 Å². The Morgan fingerprint density at radius 3 is 1.55 bits per heavy atom. The number of hydrogen-bond acceptors (Lipinski definition) is 20. The Morgan fingerprint density at radius 2 is 1.13 bits per heavy atom. The Hall–Kier alpha value is -8.09. The van der Waals surface area contributed by atoms with E-state index < -0.39 is 94.9 Å². The first-order valence-electron chi connectivity index (χ1n) is 26.5. The highest BCUT2D eigenvalue weighted by atomic mass is 32.2. The molecule has 0 saturated carbocycles. The number of benzene rings is 2. The zero-order valence-electron chi connectivity index (χ0n) is 48.5. The number of alkyl halides is 9. The topological polar surface area (TPSA) is 447 Å². The highest BCUT2D eigenvalue weighted by molar-refractivity contribution is 7.89. The molecule has 0 radical (unpaired) electrons. The van der Waals surface area contributed by atoms with Crippen LogP contribution in [0.5, 0.6) is 0 Å². The zero-order chi connectivity index (χ0) is 69.4. The number of nitrogens with zero attached hydrogens (tertiary/aromatic N) is 6. The molecular weight excluding hydrogens is 1270 g/mol. The number of fused-ring (bicyclic) bond motifs is 1. The Kier molecular flexibility index (Phi) is 31.3. The number of carbonyl (C=O) groups is 7. The monoisotopic (exact) mass is 1340 g/mol. The van der Waals surface area contributed by atoms with Crippen molar-refractivity contribution in [2.75, 3.05) is 96.9 Å². The molecule has 0 unspecified atom stereocenters. The molecule has 1 saturated heterocycles. The molecule has 2 aromatic carbocycles. The Balaban J connectivity index is 0.00000115. The average Bonchev–Trinajstić information content (AvgIpc) is 0.930. The number of pyridine rings is 1. The van der Waals surface area contributed by atoms with Crippen molar-refractivity contribution < 1.29 is 127 Å². The van der Waals surface area contributed by atoms with Crippen molar-refractivity contribution in [2.45, 2.75) is 82.3 Å². The van der Waals surface area contributed by atoms with E-state index in [1.807, 2.05) is 4.90 Å². The minimum atomic E-state index is -5.08. The lowest BCUT2D eigenvalue weighted by Crippen LogP contribution is -2.50. The number of carboxylic acid groups (broad SMARTS) is 5. The minimum absolute atomic E-state index is 0.0751. The Morgan fingerprint density at radius 1 is 0.670 bits per heavy atom. The lowest BCUT2D eigenvalue weighted by molar-refractivity contribution is -0.193. The molecule has 510 valence electrons. The van der Waals surface area contributed by atoms with E-state index in [1.54, 1.807) is 82.8 Å². The van der Waals surface area contributed by atoms with Gasteiger partial charge < -0.3 is 71.5 Å². The van der Waals surface area contributed by atoms with E-state index in [0.717, 1.165) is 11.1 Å². The molecule has 30 nitrogen and oxygen atoms in total. The number of imidazole rings is 1. The number of carboxylic acids is 5. The largest absolute Gasteiger partial charge is 0.490 e. The molecule has 1 fully saturated rings. The molecule has 40 heteroatoms. The third-order valence-electron chi connectivity index (χ3n) is 12.4. The van der Waals surface area contributed by atoms with Gasteiger partial charge in [0.2, 0.25) is 21.4 Å². The molecule has 0 spiro atoms. The van der Waals surface area contributed by atoms with Crippen molar-refractivity contribution in [1.29, 1.82) is 0 Å². The van der Waals surface area contributed by atoms with Gasteiger partial charge in [0.15, 0.2) is 18.5 Å². The number of H-pyrrole nitrogens is 1. The second kappa shape index (κ2) is 36.1. The molecule has 3 heterocycles. The fraction of sp³-hybridized carbons (Fsp3) is 0.510. The van der Waals surface area contributed by atoms with E-state index in [-0.39, 0.29) is 80.7 Å². The van der Waals surface area contributed by atoms with Gasteiger partial charge >= 0.3 is 48.4 Å². The summed E-state index contributed by atoms with van der Waals surface area (Å²) in [6.07, 6.45) is -13.6. The number of halogens is 9. The predicted molar refractivity (Wildman–Crippen MR) is 297 cm³/mol. The fourth-order valence-electron chi connectivity index (χ4n) is 8.40. The van der Waals surface area contributed by atoms with Crippen molar-refractivity contribution in [3.8, 4) is 0 Å². The second-order valence-corrected chi connectivity index (χ2v) is 21.4. The summed E-state index contributed by atoms with van der Waals surface area (Å²) in [5.74, 6) is -11.6. The number of carbonyl (C=O) groups excluding carboxylic acids is 2. The van der Waals surface area contributed by atoms with Crippen LogP contribution in [-0.4, -0.2) is 259 Å². The summed E-state index contributed by atoms with van der Waals surface area (Å²) in [6.45, 7) is 6.86. The number of aliphatic carboxylic acids is 5. The van der Waals surface area contributed by atoms with Crippen LogP contribution in [0, 0.1) is 20.8 Å². The predicted octanol–water partition coefficient (Wildman–Crippen LogP) is -0.243. The number of hydrogen-bond donors (Lipinski definition) is 14. The van der Waals surface area contributed by atoms with Crippen LogP contribution in [0.25, 0.3) is 10.9 Å². The molecule has 91 heavy (non-hydrogen) atoms. The summed E-state index contributed by atoms with van der Waals surface area (Å²) in [5, 5.41) is 88.4. The van der Waals surface area contributed by atoms with Crippen LogP contribution in [0.3, 0.4) is 0 Å². The summed E-state index contributed by atoms with van der Waals surface area (Å²) in [5.41, 5.74) is 1.89. The van der Waals surface area contributed by atoms with Gasteiger partial charge in [0.25, 0.3) is 5.91 Å². The molecule has 0 aliphatic carbocycles. The lowest BCUT2D eigenvalue weighted by Gasteiger charge is -2.34. The zero-order valence-corrected chi connectivity index (χ0v) is 49.3. The van der Waals surface area contributed by atoms with E-state index in [1.165, 1.54) is 6.20 Å². The number of aromatic amines is 1. The number of amides is 2. The standard InChI is InChI=1S/C45H65N11O13S.3C2HF3O2/c1-29-19-30(2)42(31(3)20-29)70(68,69)51-35(44(66)67)23-49-43(65)34-24-56(36-21-32(5-6-33(36)41(34)64)22-50-45-47-8-9-48-45)10-4-7-46-37(57)25-52-11-13-53(26-38(58)59)15-17-55(28-40(62)63)18-16-54(14-12-52)27-39(60)61;3*3-2(4,5)1(6)7/h5-6,8-9,19-21,24,35,38,40,51,58-59,62-63H,4,7,10-18,22-23,25-28H2,1-3H3,(H,46,57)(H,49,65)(H,60,61)(H,66,67)(H2,47,48,50);3*(H,6,7)/t35-;;;/m0.../s1. The van der Waals surface area contributed by atoms with E-state index in [9.17, 15) is 103 Å². The third-order valence-corrected chi connectivity index (χ3v) is 14.2. The Bertz CT molecular complexity index is 3180. The molecule has 2 amide bonds. The van der Waals surface area contributed by atoms with E-state index in [4.69, 9.17) is 29.7 Å². The van der Waals surface area contributed by atoms with Crippen LogP contribution in [0.1, 0.15) is 39.0 Å². The molecule has 14 N–H and O–H groups in total. The van der Waals surface area contributed by atoms with Gasteiger partial charge in [-0.3, -0.25) is 43.6 Å². The molecular formula is C51H68F9N11O19S. The van der Waals surface area contributed by atoms with Crippen molar-refractivity contribution in [3.05, 3.63) is 87.0 Å². The van der Waals surface area contributed by atoms with Crippen LogP contribution in [0.2, 0.25) is 0 Å². The smallest absolute Gasteiger partial charge is 0.480 e.